The van der Waals surface area contributed by atoms with Crippen LogP contribution in [0.3, 0.4) is 0 Å². The number of hydrogen-bond donors (Lipinski definition) is 2. The van der Waals surface area contributed by atoms with Crippen LogP contribution in [-0.4, -0.2) is 18.2 Å². The second-order valence-corrected chi connectivity index (χ2v) is 7.54. The molecule has 1 rings (SSSR count). The predicted octanol–water partition coefficient (Wildman–Crippen LogP) is 1.86. The van der Waals surface area contributed by atoms with Crippen molar-refractivity contribution in [2.75, 3.05) is 4.72 Å². The molecule has 0 saturated carbocycles. The third-order valence-electron chi connectivity index (χ3n) is 2.23. The number of nitrogens with one attached hydrogen (secondary N) is 1. The van der Waals surface area contributed by atoms with Gasteiger partial charge in [-0.15, -0.1) is 0 Å². The van der Waals surface area contributed by atoms with Gasteiger partial charge in [-0.2, -0.15) is 0 Å². The molecule has 0 aliphatic carbocycles. The van der Waals surface area contributed by atoms with Crippen LogP contribution < -0.4 is 10.5 Å². The van der Waals surface area contributed by atoms with Gasteiger partial charge in [0.1, 0.15) is 4.99 Å². The van der Waals surface area contributed by atoms with Gasteiger partial charge < -0.3 is 5.73 Å². The van der Waals surface area contributed by atoms with Crippen molar-refractivity contribution < 1.29 is 8.42 Å². The van der Waals surface area contributed by atoms with E-state index in [0.29, 0.717) is 11.3 Å². The second kappa shape index (κ2) is 4.62. The molecule has 17 heavy (non-hydrogen) atoms. The molecule has 3 N–H and O–H groups in total. The Balaban J connectivity index is 2.95. The van der Waals surface area contributed by atoms with Crippen LogP contribution in [0.15, 0.2) is 24.3 Å². The molecule has 0 aliphatic rings. The molecule has 0 unspecified atom stereocenters. The Morgan fingerprint density at radius 1 is 1.24 bits per heavy atom. The first-order valence-electron chi connectivity index (χ1n) is 5.06. The third kappa shape index (κ3) is 3.41. The zero-order chi connectivity index (χ0) is 13.3. The molecule has 0 fully saturated rings. The topological polar surface area (TPSA) is 72.2 Å². The Bertz CT molecular complexity index is 513. The molecule has 0 radical (unpaired) electrons. The lowest BCUT2D eigenvalue weighted by molar-refractivity contribution is 0.566. The largest absolute Gasteiger partial charge is 0.389 e. The lowest BCUT2D eigenvalue weighted by Gasteiger charge is -2.20. The number of sulfonamides is 1. The smallest absolute Gasteiger partial charge is 0.237 e. The Kier molecular flexibility index (Phi) is 3.78. The fourth-order valence-electron chi connectivity index (χ4n) is 1.01. The van der Waals surface area contributed by atoms with Crippen molar-refractivity contribution in [1.29, 1.82) is 0 Å². The summed E-state index contributed by atoms with van der Waals surface area (Å²) in [5.74, 6) is 0. The lowest BCUT2D eigenvalue weighted by atomic mass is 10.2. The van der Waals surface area contributed by atoms with Crippen LogP contribution in [0, 0.1) is 0 Å². The van der Waals surface area contributed by atoms with Crippen LogP contribution in [0.25, 0.3) is 0 Å². The minimum atomic E-state index is -3.40. The molecule has 4 nitrogen and oxygen atoms in total. The normalized spacial score (nSPS) is 12.2. The van der Waals surface area contributed by atoms with E-state index >= 15 is 0 Å². The van der Waals surface area contributed by atoms with E-state index in [-0.39, 0.29) is 4.99 Å². The van der Waals surface area contributed by atoms with Gasteiger partial charge in [0.05, 0.1) is 4.75 Å². The van der Waals surface area contributed by atoms with Crippen molar-refractivity contribution in [2.45, 2.75) is 25.5 Å². The van der Waals surface area contributed by atoms with Crippen molar-refractivity contribution >= 4 is 32.9 Å². The molecule has 0 aromatic heterocycles. The molecule has 1 aromatic carbocycles. The molecule has 0 aliphatic heterocycles. The summed E-state index contributed by atoms with van der Waals surface area (Å²) >= 11 is 4.81. The standard InChI is InChI=1S/C11H16N2O2S2/c1-11(2,3)17(14,15)13-9-6-4-8(5-7-9)10(12)16/h4-7,13H,1-3H3,(H2,12,16). The second-order valence-electron chi connectivity index (χ2n) is 4.66. The van der Waals surface area contributed by atoms with Gasteiger partial charge in [0.25, 0.3) is 0 Å². The van der Waals surface area contributed by atoms with E-state index in [1.807, 2.05) is 0 Å². The number of nitrogens with two attached hydrogens (primary N) is 1. The molecule has 0 spiro atoms. The Labute approximate surface area is 107 Å². The van der Waals surface area contributed by atoms with Gasteiger partial charge >= 0.3 is 0 Å². The Hall–Kier alpha value is -1.14. The van der Waals surface area contributed by atoms with Gasteiger partial charge in [0.2, 0.25) is 10.0 Å². The van der Waals surface area contributed by atoms with Crippen molar-refractivity contribution in [2.24, 2.45) is 5.73 Å². The van der Waals surface area contributed by atoms with E-state index < -0.39 is 14.8 Å². The first-order valence-corrected chi connectivity index (χ1v) is 6.95. The summed E-state index contributed by atoms with van der Waals surface area (Å²) in [5.41, 5.74) is 6.66. The first-order chi connectivity index (χ1) is 7.63. The maximum Gasteiger partial charge on any atom is 0.237 e. The highest BCUT2D eigenvalue weighted by molar-refractivity contribution is 7.94. The average molecular weight is 272 g/mol. The van der Waals surface area contributed by atoms with Crippen molar-refractivity contribution in [3.63, 3.8) is 0 Å². The Morgan fingerprint density at radius 3 is 2.06 bits per heavy atom. The van der Waals surface area contributed by atoms with E-state index in [1.54, 1.807) is 45.0 Å². The lowest BCUT2D eigenvalue weighted by Crippen LogP contribution is -2.33. The quantitative estimate of drug-likeness (QED) is 0.824. The predicted molar refractivity (Wildman–Crippen MR) is 74.6 cm³/mol. The fourth-order valence-corrected chi connectivity index (χ4v) is 1.90. The zero-order valence-electron chi connectivity index (χ0n) is 10.0. The molecule has 0 atom stereocenters. The summed E-state index contributed by atoms with van der Waals surface area (Å²) in [6.07, 6.45) is 0. The van der Waals surface area contributed by atoms with Crippen LogP contribution in [-0.2, 0) is 10.0 Å². The van der Waals surface area contributed by atoms with Crippen LogP contribution >= 0.6 is 12.2 Å². The maximum absolute atomic E-state index is 11.9. The molecule has 0 bridgehead atoms. The van der Waals surface area contributed by atoms with Gasteiger partial charge in [0.15, 0.2) is 0 Å². The van der Waals surface area contributed by atoms with E-state index in [2.05, 4.69) is 4.72 Å². The minimum absolute atomic E-state index is 0.287. The number of rotatable bonds is 3. The van der Waals surface area contributed by atoms with E-state index in [0.717, 1.165) is 0 Å². The molecule has 0 saturated heterocycles. The average Bonchev–Trinajstić information content (AvgIpc) is 2.16. The summed E-state index contributed by atoms with van der Waals surface area (Å²) < 4.78 is 25.4. The molecule has 0 heterocycles. The van der Waals surface area contributed by atoms with Crippen LogP contribution in [0.5, 0.6) is 0 Å². The highest BCUT2D eigenvalue weighted by atomic mass is 32.2. The summed E-state index contributed by atoms with van der Waals surface area (Å²) in [7, 11) is -3.40. The summed E-state index contributed by atoms with van der Waals surface area (Å²) in [6.45, 7) is 4.91. The molecule has 0 amide bonds. The summed E-state index contributed by atoms with van der Waals surface area (Å²) in [6, 6.07) is 6.64. The summed E-state index contributed by atoms with van der Waals surface area (Å²) in [4.78, 5) is 0.287. The van der Waals surface area contributed by atoms with Gasteiger partial charge in [-0.25, -0.2) is 8.42 Å². The van der Waals surface area contributed by atoms with E-state index in [9.17, 15) is 8.42 Å². The van der Waals surface area contributed by atoms with Crippen LogP contribution in [0.1, 0.15) is 26.3 Å². The first kappa shape index (κ1) is 13.9. The molecular weight excluding hydrogens is 256 g/mol. The molecule has 6 heteroatoms. The van der Waals surface area contributed by atoms with Gasteiger partial charge in [0, 0.05) is 11.3 Å². The number of hydrogen-bond acceptors (Lipinski definition) is 3. The number of anilines is 1. The number of thiocarbonyl (C=S) groups is 1. The monoisotopic (exact) mass is 272 g/mol. The highest BCUT2D eigenvalue weighted by Gasteiger charge is 2.28. The third-order valence-corrected chi connectivity index (χ3v) is 4.58. The van der Waals surface area contributed by atoms with Crippen LogP contribution in [0.4, 0.5) is 5.69 Å². The fraction of sp³-hybridized carbons (Fsp3) is 0.364. The van der Waals surface area contributed by atoms with E-state index in [4.69, 9.17) is 18.0 Å². The van der Waals surface area contributed by atoms with E-state index in [1.165, 1.54) is 0 Å². The van der Waals surface area contributed by atoms with Gasteiger partial charge in [-0.3, -0.25) is 4.72 Å². The summed E-state index contributed by atoms with van der Waals surface area (Å²) in [5, 5.41) is 0. The van der Waals surface area contributed by atoms with Gasteiger partial charge in [-0.05, 0) is 45.0 Å². The maximum atomic E-state index is 11.9. The van der Waals surface area contributed by atoms with Gasteiger partial charge in [-0.1, -0.05) is 12.2 Å². The zero-order valence-corrected chi connectivity index (χ0v) is 11.7. The van der Waals surface area contributed by atoms with Crippen molar-refractivity contribution in [1.82, 2.24) is 0 Å². The highest BCUT2D eigenvalue weighted by Crippen LogP contribution is 2.19. The van der Waals surface area contributed by atoms with Crippen molar-refractivity contribution in [3.8, 4) is 0 Å². The number of benzene rings is 1. The van der Waals surface area contributed by atoms with Crippen molar-refractivity contribution in [3.05, 3.63) is 29.8 Å². The molecular formula is C11H16N2O2S2. The molecule has 1 aromatic rings. The Morgan fingerprint density at radius 2 is 1.71 bits per heavy atom. The minimum Gasteiger partial charge on any atom is -0.389 e. The van der Waals surface area contributed by atoms with Crippen LogP contribution in [0.2, 0.25) is 0 Å². The SMILES string of the molecule is CC(C)(C)S(=O)(=O)Nc1ccc(C(N)=S)cc1. The molecule has 94 valence electrons.